The summed E-state index contributed by atoms with van der Waals surface area (Å²) in [5.41, 5.74) is 2.23. The molecule has 0 radical (unpaired) electrons. The Kier molecular flexibility index (Phi) is 3.15. The Hall–Kier alpha value is -1.81. The van der Waals surface area contributed by atoms with Crippen molar-refractivity contribution >= 4 is 16.9 Å². The maximum Gasteiger partial charge on any atom is 0.337 e. The van der Waals surface area contributed by atoms with Gasteiger partial charge in [0.2, 0.25) is 0 Å². The second kappa shape index (κ2) is 4.59. The molecule has 0 atom stereocenters. The van der Waals surface area contributed by atoms with Crippen molar-refractivity contribution in [1.29, 1.82) is 0 Å². The van der Waals surface area contributed by atoms with E-state index >= 15 is 0 Å². The zero-order valence-corrected chi connectivity index (χ0v) is 10.0. The summed E-state index contributed by atoms with van der Waals surface area (Å²) in [6, 6.07) is 7.40. The molecule has 0 saturated heterocycles. The minimum absolute atomic E-state index is 0.354. The third kappa shape index (κ3) is 2.03. The molecular formula is C13H16N2O2. The van der Waals surface area contributed by atoms with Crippen LogP contribution in [0.1, 0.15) is 23.0 Å². The molecule has 17 heavy (non-hydrogen) atoms. The van der Waals surface area contributed by atoms with Crippen LogP contribution in [0.5, 0.6) is 0 Å². The number of hydrogen-bond acceptors (Lipinski definition) is 2. The quantitative estimate of drug-likeness (QED) is 0.847. The van der Waals surface area contributed by atoms with E-state index < -0.39 is 5.97 Å². The predicted octanol–water partition coefficient (Wildman–Crippen LogP) is 1.99. The number of fused-ring (bicyclic) bond motifs is 1. The molecule has 0 spiro atoms. The number of aromatic carboxylic acids is 1. The molecule has 90 valence electrons. The van der Waals surface area contributed by atoms with Crippen LogP contribution in [-0.2, 0) is 13.6 Å². The van der Waals surface area contributed by atoms with Crippen LogP contribution < -0.4 is 5.32 Å². The summed E-state index contributed by atoms with van der Waals surface area (Å²) in [7, 11) is 1.90. The second-order valence-electron chi connectivity index (χ2n) is 4.02. The van der Waals surface area contributed by atoms with Gasteiger partial charge in [-0.15, -0.1) is 0 Å². The molecule has 1 heterocycles. The van der Waals surface area contributed by atoms with Gasteiger partial charge in [-0.25, -0.2) is 4.79 Å². The fraction of sp³-hybridized carbons (Fsp3) is 0.308. The van der Waals surface area contributed by atoms with Crippen LogP contribution in [0.25, 0.3) is 10.9 Å². The summed E-state index contributed by atoms with van der Waals surface area (Å²) in [6.07, 6.45) is 0. The molecule has 4 heteroatoms. The average molecular weight is 232 g/mol. The summed E-state index contributed by atoms with van der Waals surface area (Å²) in [5, 5.41) is 13.4. The molecule has 0 saturated carbocycles. The first-order chi connectivity index (χ1) is 8.15. The van der Waals surface area contributed by atoms with Crippen molar-refractivity contribution in [1.82, 2.24) is 9.88 Å². The summed E-state index contributed by atoms with van der Waals surface area (Å²) in [5.74, 6) is -0.883. The van der Waals surface area contributed by atoms with E-state index in [2.05, 4.69) is 5.32 Å². The number of aryl methyl sites for hydroxylation is 1. The molecule has 1 aromatic heterocycles. The van der Waals surface area contributed by atoms with Crippen molar-refractivity contribution in [2.24, 2.45) is 7.05 Å². The first-order valence-electron chi connectivity index (χ1n) is 5.66. The standard InChI is InChI=1S/C13H16N2O2/c1-3-14-8-10-7-9-5-4-6-11(13(16)17)12(9)15(10)2/h4-7,14H,3,8H2,1-2H3,(H,16,17). The van der Waals surface area contributed by atoms with Gasteiger partial charge in [0.1, 0.15) is 0 Å². The Morgan fingerprint density at radius 2 is 2.24 bits per heavy atom. The van der Waals surface area contributed by atoms with E-state index in [1.165, 1.54) is 0 Å². The summed E-state index contributed by atoms with van der Waals surface area (Å²) in [6.45, 7) is 3.69. The molecule has 4 nitrogen and oxygen atoms in total. The van der Waals surface area contributed by atoms with Crippen LogP contribution in [0.15, 0.2) is 24.3 Å². The highest BCUT2D eigenvalue weighted by Crippen LogP contribution is 2.22. The van der Waals surface area contributed by atoms with Crippen LogP contribution in [-0.4, -0.2) is 22.2 Å². The number of benzene rings is 1. The van der Waals surface area contributed by atoms with Gasteiger partial charge in [0.05, 0.1) is 11.1 Å². The van der Waals surface area contributed by atoms with Crippen molar-refractivity contribution < 1.29 is 9.90 Å². The van der Waals surface area contributed by atoms with Gasteiger partial charge in [-0.1, -0.05) is 19.1 Å². The van der Waals surface area contributed by atoms with Gasteiger partial charge in [0, 0.05) is 24.7 Å². The van der Waals surface area contributed by atoms with E-state index in [4.69, 9.17) is 5.11 Å². The molecule has 0 aliphatic carbocycles. The highest BCUT2D eigenvalue weighted by Gasteiger charge is 2.13. The smallest absolute Gasteiger partial charge is 0.337 e. The Balaban J connectivity index is 2.57. The van der Waals surface area contributed by atoms with E-state index in [1.54, 1.807) is 12.1 Å². The predicted molar refractivity (Wildman–Crippen MR) is 67.3 cm³/mol. The van der Waals surface area contributed by atoms with Crippen LogP contribution in [0.3, 0.4) is 0 Å². The molecule has 0 unspecified atom stereocenters. The molecular weight excluding hydrogens is 216 g/mol. The van der Waals surface area contributed by atoms with Gasteiger partial charge in [-0.05, 0) is 18.7 Å². The zero-order valence-electron chi connectivity index (χ0n) is 10.0. The number of hydrogen-bond donors (Lipinski definition) is 2. The Labute approximate surface area is 99.9 Å². The molecule has 0 aliphatic rings. The number of rotatable bonds is 4. The van der Waals surface area contributed by atoms with E-state index in [0.29, 0.717) is 5.56 Å². The van der Waals surface area contributed by atoms with Gasteiger partial charge in [0.15, 0.2) is 0 Å². The number of nitrogens with zero attached hydrogens (tertiary/aromatic N) is 1. The van der Waals surface area contributed by atoms with Crippen molar-refractivity contribution in [2.75, 3.05) is 6.54 Å². The maximum atomic E-state index is 11.2. The number of aromatic nitrogens is 1. The van der Waals surface area contributed by atoms with Crippen molar-refractivity contribution in [2.45, 2.75) is 13.5 Å². The minimum Gasteiger partial charge on any atom is -0.478 e. The average Bonchev–Trinajstić information content (AvgIpc) is 2.63. The van der Waals surface area contributed by atoms with Gasteiger partial charge < -0.3 is 15.0 Å². The number of nitrogens with one attached hydrogen (secondary N) is 1. The lowest BCUT2D eigenvalue weighted by Crippen LogP contribution is -2.14. The highest BCUT2D eigenvalue weighted by atomic mass is 16.4. The number of carbonyl (C=O) groups is 1. The van der Waals surface area contributed by atoms with Crippen LogP contribution in [0.4, 0.5) is 0 Å². The fourth-order valence-electron chi connectivity index (χ4n) is 2.07. The third-order valence-corrected chi connectivity index (χ3v) is 2.94. The molecule has 2 rings (SSSR count). The first kappa shape index (κ1) is 11.7. The van der Waals surface area contributed by atoms with Crippen LogP contribution in [0, 0.1) is 0 Å². The van der Waals surface area contributed by atoms with Crippen molar-refractivity contribution in [3.05, 3.63) is 35.5 Å². The summed E-state index contributed by atoms with van der Waals surface area (Å²) in [4.78, 5) is 11.2. The van der Waals surface area contributed by atoms with Crippen molar-refractivity contribution in [3.63, 3.8) is 0 Å². The molecule has 1 aromatic carbocycles. The second-order valence-corrected chi connectivity index (χ2v) is 4.02. The summed E-state index contributed by atoms with van der Waals surface area (Å²) < 4.78 is 1.95. The lowest BCUT2D eigenvalue weighted by molar-refractivity contribution is 0.0698. The van der Waals surface area contributed by atoms with Gasteiger partial charge >= 0.3 is 5.97 Å². The SMILES string of the molecule is CCNCc1cc2cccc(C(=O)O)c2n1C. The van der Waals surface area contributed by atoms with Gasteiger partial charge in [-0.3, -0.25) is 0 Å². The third-order valence-electron chi connectivity index (χ3n) is 2.94. The Morgan fingerprint density at radius 1 is 1.47 bits per heavy atom. The first-order valence-corrected chi connectivity index (χ1v) is 5.66. The largest absolute Gasteiger partial charge is 0.478 e. The van der Waals surface area contributed by atoms with E-state index in [0.717, 1.165) is 29.7 Å². The molecule has 0 amide bonds. The fourth-order valence-corrected chi connectivity index (χ4v) is 2.07. The van der Waals surface area contributed by atoms with E-state index in [9.17, 15) is 4.79 Å². The van der Waals surface area contributed by atoms with Gasteiger partial charge in [0.25, 0.3) is 0 Å². The zero-order chi connectivity index (χ0) is 12.4. The maximum absolute atomic E-state index is 11.2. The monoisotopic (exact) mass is 232 g/mol. The van der Waals surface area contributed by atoms with Crippen molar-refractivity contribution in [3.8, 4) is 0 Å². The molecule has 2 N–H and O–H groups in total. The van der Waals surface area contributed by atoms with E-state index in [1.807, 2.05) is 30.7 Å². The molecule has 0 bridgehead atoms. The molecule has 0 fully saturated rings. The normalized spacial score (nSPS) is 10.9. The topological polar surface area (TPSA) is 54.3 Å². The Morgan fingerprint density at radius 3 is 2.88 bits per heavy atom. The number of carboxylic acids is 1. The van der Waals surface area contributed by atoms with Crippen LogP contribution >= 0.6 is 0 Å². The highest BCUT2D eigenvalue weighted by molar-refractivity contribution is 6.02. The minimum atomic E-state index is -0.883. The van der Waals surface area contributed by atoms with Gasteiger partial charge in [-0.2, -0.15) is 0 Å². The molecule has 0 aliphatic heterocycles. The molecule has 2 aromatic rings. The Bertz CT molecular complexity index is 558. The number of para-hydroxylation sites is 1. The number of carboxylic acid groups (broad SMARTS) is 1. The van der Waals surface area contributed by atoms with E-state index in [-0.39, 0.29) is 0 Å². The van der Waals surface area contributed by atoms with Crippen LogP contribution in [0.2, 0.25) is 0 Å². The summed E-state index contributed by atoms with van der Waals surface area (Å²) >= 11 is 0. The lowest BCUT2D eigenvalue weighted by atomic mass is 10.1. The lowest BCUT2D eigenvalue weighted by Gasteiger charge is -2.06.